The number of halogens is 6. The predicted octanol–water partition coefficient (Wildman–Crippen LogP) is 6.88. The van der Waals surface area contributed by atoms with Crippen molar-refractivity contribution in [2.45, 2.75) is 0 Å². The van der Waals surface area contributed by atoms with Crippen molar-refractivity contribution in [3.8, 4) is 34.0 Å². The molecule has 0 aliphatic rings. The molecule has 0 unspecified atom stereocenters. The molecule has 4 aromatic heterocycles. The molecule has 6 aromatic rings. The monoisotopic (exact) mass is 678 g/mol. The number of fused-ring (bicyclic) bond motifs is 2. The number of methoxy groups -OCH3 is 2. The molecule has 224 valence electrons. The van der Waals surface area contributed by atoms with Gasteiger partial charge in [0.05, 0.1) is 57.6 Å². The number of pyridine rings is 2. The summed E-state index contributed by atoms with van der Waals surface area (Å²) in [6, 6.07) is 11.5. The van der Waals surface area contributed by atoms with Gasteiger partial charge in [0, 0.05) is 0 Å². The van der Waals surface area contributed by atoms with Gasteiger partial charge in [-0.3, -0.25) is 14.8 Å². The Morgan fingerprint density at radius 3 is 1.82 bits per heavy atom. The average Bonchev–Trinajstić information content (AvgIpc) is 2.98. The molecule has 2 aromatic carbocycles. The van der Waals surface area contributed by atoms with Crippen molar-refractivity contribution in [1.29, 1.82) is 0 Å². The molecule has 0 fully saturated rings. The number of ether oxygens (including phenoxy) is 2. The largest absolute Gasteiger partial charge is 0.496 e. The molecule has 0 atom stereocenters. The van der Waals surface area contributed by atoms with E-state index >= 15 is 0 Å². The minimum Gasteiger partial charge on any atom is -0.496 e. The molecule has 2 N–H and O–H groups in total. The van der Waals surface area contributed by atoms with Crippen molar-refractivity contribution >= 4 is 68.5 Å². The van der Waals surface area contributed by atoms with Crippen LogP contribution in [0.5, 0.6) is 11.5 Å². The van der Waals surface area contributed by atoms with Crippen molar-refractivity contribution in [2.75, 3.05) is 14.2 Å². The first-order valence-electron chi connectivity index (χ1n) is 12.2. The summed E-state index contributed by atoms with van der Waals surface area (Å²) in [7, 11) is 2.82. The van der Waals surface area contributed by atoms with Crippen molar-refractivity contribution in [2.24, 2.45) is 0 Å². The number of nitrogens with zero attached hydrogens (tertiary/aromatic N) is 4. The van der Waals surface area contributed by atoms with Crippen LogP contribution in [0.2, 0.25) is 20.5 Å². The van der Waals surface area contributed by atoms with Crippen LogP contribution in [0.25, 0.3) is 44.6 Å². The van der Waals surface area contributed by atoms with E-state index in [0.717, 1.165) is 0 Å². The lowest BCUT2D eigenvalue weighted by Crippen LogP contribution is -2.22. The fourth-order valence-electron chi connectivity index (χ4n) is 4.20. The van der Waals surface area contributed by atoms with Gasteiger partial charge in [0.15, 0.2) is 5.65 Å². The SMILES string of the molecule is COc1cccc(F)c1-c1nc2[nH]c(=O)[nH]c(=O)c2cc1Cl.COc1cccc(F)c1-c1nc2nc(Cl)nc(Cl)c2cc1Cl. The maximum atomic E-state index is 14.2. The van der Waals surface area contributed by atoms with Crippen molar-refractivity contribution in [3.63, 3.8) is 0 Å². The predicted molar refractivity (Wildman–Crippen MR) is 164 cm³/mol. The van der Waals surface area contributed by atoms with Gasteiger partial charge < -0.3 is 9.47 Å². The van der Waals surface area contributed by atoms with Gasteiger partial charge in [-0.25, -0.2) is 28.5 Å². The summed E-state index contributed by atoms with van der Waals surface area (Å²) in [5.74, 6) is -0.555. The summed E-state index contributed by atoms with van der Waals surface area (Å²) < 4.78 is 38.6. The lowest BCUT2D eigenvalue weighted by Gasteiger charge is -2.11. The zero-order valence-electron chi connectivity index (χ0n) is 22.3. The van der Waals surface area contributed by atoms with Gasteiger partial charge >= 0.3 is 5.69 Å². The zero-order valence-corrected chi connectivity index (χ0v) is 25.3. The van der Waals surface area contributed by atoms with Crippen molar-refractivity contribution in [1.82, 2.24) is 29.9 Å². The van der Waals surface area contributed by atoms with E-state index < -0.39 is 22.9 Å². The summed E-state index contributed by atoms with van der Waals surface area (Å²) >= 11 is 24.1. The highest BCUT2D eigenvalue weighted by Gasteiger charge is 2.20. The lowest BCUT2D eigenvalue weighted by molar-refractivity contribution is 0.413. The normalized spacial score (nSPS) is 10.9. The van der Waals surface area contributed by atoms with E-state index in [1.54, 1.807) is 12.1 Å². The Kier molecular flexibility index (Phi) is 8.97. The second-order valence-corrected chi connectivity index (χ2v) is 10.2. The van der Waals surface area contributed by atoms with Gasteiger partial charge in [0.2, 0.25) is 5.28 Å². The third-order valence-corrected chi connectivity index (χ3v) is 7.14. The molecular formula is C28H16Cl4F2N6O4. The molecule has 0 saturated carbocycles. The lowest BCUT2D eigenvalue weighted by atomic mass is 10.1. The molecule has 0 spiro atoms. The Morgan fingerprint density at radius 2 is 1.25 bits per heavy atom. The maximum Gasteiger partial charge on any atom is 0.327 e. The van der Waals surface area contributed by atoms with E-state index in [1.807, 2.05) is 0 Å². The van der Waals surface area contributed by atoms with E-state index in [9.17, 15) is 18.4 Å². The second kappa shape index (κ2) is 12.7. The fraction of sp³-hybridized carbons (Fsp3) is 0.0714. The first kappa shape index (κ1) is 31.1. The summed E-state index contributed by atoms with van der Waals surface area (Å²) in [6.45, 7) is 0. The second-order valence-electron chi connectivity index (χ2n) is 8.73. The number of hydrogen-bond donors (Lipinski definition) is 2. The van der Waals surface area contributed by atoms with Gasteiger partial charge in [0.25, 0.3) is 5.56 Å². The highest BCUT2D eigenvalue weighted by atomic mass is 35.5. The molecule has 0 aliphatic carbocycles. The molecule has 0 aliphatic heterocycles. The van der Waals surface area contributed by atoms with Crippen LogP contribution in [-0.2, 0) is 0 Å². The van der Waals surface area contributed by atoms with E-state index in [1.165, 1.54) is 50.6 Å². The van der Waals surface area contributed by atoms with Crippen LogP contribution in [0.1, 0.15) is 0 Å². The number of H-pyrrole nitrogens is 2. The van der Waals surface area contributed by atoms with E-state index in [2.05, 4.69) is 29.9 Å². The minimum atomic E-state index is -0.709. The van der Waals surface area contributed by atoms with Gasteiger partial charge in [0.1, 0.15) is 33.9 Å². The van der Waals surface area contributed by atoms with Crippen LogP contribution in [0.3, 0.4) is 0 Å². The first-order chi connectivity index (χ1) is 21.0. The van der Waals surface area contributed by atoms with E-state index in [4.69, 9.17) is 55.9 Å². The van der Waals surface area contributed by atoms with E-state index in [-0.39, 0.29) is 65.4 Å². The standard InChI is InChI=1S/C14H7Cl3FN3O.C14H9ClFN3O3/c1-22-9-4-2-3-8(18)10(9)11-7(15)5-6-12(16)20-14(17)21-13(6)19-11;1-22-9-4-2-3-8(16)10(9)11-7(15)5-6-12(17-11)18-14(21)19-13(6)20/h2-5H,1H3;2-5H,1H3,(H2,17,18,19,20,21). The topological polar surface area (TPSA) is 136 Å². The number of rotatable bonds is 4. The Labute approximate surface area is 265 Å². The minimum absolute atomic E-state index is 0.0125. The summed E-state index contributed by atoms with van der Waals surface area (Å²) in [4.78, 5) is 43.7. The Balaban J connectivity index is 0.000000175. The van der Waals surface area contributed by atoms with Crippen LogP contribution in [0, 0.1) is 11.6 Å². The van der Waals surface area contributed by atoms with Crippen LogP contribution in [0.15, 0.2) is 58.1 Å². The Bertz CT molecular complexity index is 2200. The molecule has 4 heterocycles. The molecule has 0 amide bonds. The molecule has 0 radical (unpaired) electrons. The fourth-order valence-corrected chi connectivity index (χ4v) is 5.11. The van der Waals surface area contributed by atoms with Crippen LogP contribution >= 0.6 is 46.4 Å². The first-order valence-corrected chi connectivity index (χ1v) is 13.7. The van der Waals surface area contributed by atoms with Gasteiger partial charge in [-0.1, -0.05) is 46.9 Å². The zero-order chi connectivity index (χ0) is 31.7. The van der Waals surface area contributed by atoms with Crippen molar-refractivity contribution < 1.29 is 18.3 Å². The van der Waals surface area contributed by atoms with Crippen LogP contribution in [0.4, 0.5) is 8.78 Å². The molecule has 6 rings (SSSR count). The summed E-state index contributed by atoms with van der Waals surface area (Å²) in [5, 5.41) is 0.853. The highest BCUT2D eigenvalue weighted by molar-refractivity contribution is 6.37. The van der Waals surface area contributed by atoms with Crippen molar-refractivity contribution in [3.05, 3.63) is 101 Å². The van der Waals surface area contributed by atoms with Crippen LogP contribution < -0.4 is 20.7 Å². The highest BCUT2D eigenvalue weighted by Crippen LogP contribution is 2.38. The maximum absolute atomic E-state index is 14.2. The van der Waals surface area contributed by atoms with Gasteiger partial charge in [-0.15, -0.1) is 0 Å². The third kappa shape index (κ3) is 6.02. The molecular weight excluding hydrogens is 664 g/mol. The van der Waals surface area contributed by atoms with Crippen LogP contribution in [-0.4, -0.2) is 44.1 Å². The number of aromatic nitrogens is 6. The third-order valence-electron chi connectivity index (χ3n) is 6.11. The number of nitrogens with one attached hydrogen (secondary N) is 2. The van der Waals surface area contributed by atoms with E-state index in [0.29, 0.717) is 11.1 Å². The quantitative estimate of drug-likeness (QED) is 0.152. The average molecular weight is 680 g/mol. The Morgan fingerprint density at radius 1 is 0.705 bits per heavy atom. The summed E-state index contributed by atoms with van der Waals surface area (Å²) in [5.41, 5.74) is -0.645. The molecule has 0 saturated heterocycles. The number of aromatic amines is 2. The van der Waals surface area contributed by atoms with Gasteiger partial charge in [-0.05, 0) is 48.0 Å². The Hall–Kier alpha value is -4.36. The summed E-state index contributed by atoms with van der Waals surface area (Å²) in [6.07, 6.45) is 0. The molecule has 16 heteroatoms. The van der Waals surface area contributed by atoms with Gasteiger partial charge in [-0.2, -0.15) is 4.98 Å². The number of hydrogen-bond acceptors (Lipinski definition) is 8. The molecule has 44 heavy (non-hydrogen) atoms. The smallest absolute Gasteiger partial charge is 0.327 e. The molecule has 0 bridgehead atoms. The number of benzene rings is 2. The molecule has 10 nitrogen and oxygen atoms in total.